The minimum Gasteiger partial charge on any atom is -0.372 e. The third kappa shape index (κ3) is 4.90. The second-order valence-corrected chi connectivity index (χ2v) is 7.06. The maximum absolute atomic E-state index is 13.0. The van der Waals surface area contributed by atoms with Gasteiger partial charge in [0.25, 0.3) is 0 Å². The lowest BCUT2D eigenvalue weighted by Gasteiger charge is -2.17. The Morgan fingerprint density at radius 2 is 1.24 bits per heavy atom. The molecule has 0 aliphatic carbocycles. The molecule has 0 radical (unpaired) electrons. The van der Waals surface area contributed by atoms with Crippen LogP contribution in [0.3, 0.4) is 0 Å². The van der Waals surface area contributed by atoms with Crippen LogP contribution in [0.1, 0.15) is 18.4 Å². The fraction of sp³-hybridized carbons (Fsp3) is 0.217. The number of anilines is 1. The predicted molar refractivity (Wildman–Crippen MR) is 114 cm³/mol. The summed E-state index contributed by atoms with van der Waals surface area (Å²) in [5.41, 5.74) is 5.11. The molecule has 0 bridgehead atoms. The Morgan fingerprint density at radius 1 is 0.690 bits per heavy atom. The van der Waals surface area contributed by atoms with E-state index in [1.807, 2.05) is 37.3 Å². The molecule has 3 aromatic carbocycles. The number of nitrogens with zero attached hydrogens (tertiary/aromatic N) is 5. The normalized spacial score (nSPS) is 14.3. The highest BCUT2D eigenvalue weighted by Crippen LogP contribution is 2.28. The Morgan fingerprint density at radius 3 is 1.90 bits per heavy atom. The van der Waals surface area contributed by atoms with E-state index in [1.54, 1.807) is 12.1 Å². The van der Waals surface area contributed by atoms with Gasteiger partial charge in [0, 0.05) is 18.8 Å². The monoisotopic (exact) mass is 387 g/mol. The van der Waals surface area contributed by atoms with Crippen molar-refractivity contribution in [1.29, 1.82) is 0 Å². The summed E-state index contributed by atoms with van der Waals surface area (Å²) in [5, 5.41) is 17.0. The van der Waals surface area contributed by atoms with Gasteiger partial charge in [-0.3, -0.25) is 0 Å². The van der Waals surface area contributed by atoms with E-state index < -0.39 is 0 Å². The number of hydrogen-bond acceptors (Lipinski definition) is 5. The number of halogens is 1. The summed E-state index contributed by atoms with van der Waals surface area (Å²) in [5.74, 6) is -0.291. The van der Waals surface area contributed by atoms with Gasteiger partial charge in [-0.15, -0.1) is 0 Å². The topological polar surface area (TPSA) is 52.7 Å². The summed E-state index contributed by atoms with van der Waals surface area (Å²) in [6.45, 7) is 4.21. The molecule has 3 aromatic rings. The van der Waals surface area contributed by atoms with Gasteiger partial charge in [-0.2, -0.15) is 20.5 Å². The van der Waals surface area contributed by atoms with Gasteiger partial charge in [-0.25, -0.2) is 4.39 Å². The molecule has 0 aromatic heterocycles. The van der Waals surface area contributed by atoms with E-state index in [0.29, 0.717) is 5.69 Å². The summed E-state index contributed by atoms with van der Waals surface area (Å²) in [6, 6.07) is 19.7. The Labute approximate surface area is 169 Å². The van der Waals surface area contributed by atoms with Crippen LogP contribution in [0.15, 0.2) is 87.2 Å². The molecule has 0 spiro atoms. The van der Waals surface area contributed by atoms with Crippen molar-refractivity contribution in [2.45, 2.75) is 19.8 Å². The molecule has 1 saturated heterocycles. The molecule has 6 heteroatoms. The maximum Gasteiger partial charge on any atom is 0.123 e. The summed E-state index contributed by atoms with van der Waals surface area (Å²) in [7, 11) is 0. The van der Waals surface area contributed by atoms with Crippen LogP contribution in [0.4, 0.5) is 32.8 Å². The smallest absolute Gasteiger partial charge is 0.123 e. The number of aryl methyl sites for hydroxylation is 1. The van der Waals surface area contributed by atoms with Crippen molar-refractivity contribution in [3.63, 3.8) is 0 Å². The average Bonchev–Trinajstić information content (AvgIpc) is 3.28. The zero-order valence-electron chi connectivity index (χ0n) is 16.3. The number of azo groups is 2. The highest BCUT2D eigenvalue weighted by atomic mass is 19.1. The molecular weight excluding hydrogens is 365 g/mol. The van der Waals surface area contributed by atoms with Gasteiger partial charge < -0.3 is 4.90 Å². The van der Waals surface area contributed by atoms with Crippen LogP contribution in [0.5, 0.6) is 0 Å². The van der Waals surface area contributed by atoms with Crippen LogP contribution in [0.2, 0.25) is 0 Å². The van der Waals surface area contributed by atoms with Gasteiger partial charge in [-0.05, 0) is 92.1 Å². The Kier molecular flexibility index (Phi) is 5.70. The van der Waals surface area contributed by atoms with E-state index in [4.69, 9.17) is 0 Å². The molecule has 1 aliphatic rings. The average molecular weight is 387 g/mol. The number of rotatable bonds is 5. The molecule has 0 N–H and O–H groups in total. The number of benzene rings is 3. The molecular formula is C23H22FN5. The van der Waals surface area contributed by atoms with E-state index >= 15 is 0 Å². The fourth-order valence-electron chi connectivity index (χ4n) is 3.25. The first-order valence-corrected chi connectivity index (χ1v) is 9.72. The molecule has 0 saturated carbocycles. The first-order valence-electron chi connectivity index (χ1n) is 9.72. The van der Waals surface area contributed by atoms with Crippen LogP contribution in [0, 0.1) is 12.7 Å². The summed E-state index contributed by atoms with van der Waals surface area (Å²) in [6.07, 6.45) is 2.53. The third-order valence-corrected chi connectivity index (χ3v) is 4.88. The van der Waals surface area contributed by atoms with E-state index in [0.717, 1.165) is 35.7 Å². The lowest BCUT2D eigenvalue weighted by atomic mass is 10.2. The molecule has 1 aliphatic heterocycles. The first kappa shape index (κ1) is 18.9. The Hall–Kier alpha value is -3.41. The van der Waals surface area contributed by atoms with E-state index in [9.17, 15) is 4.39 Å². The standard InChI is InChI=1S/C23H22FN5/c1-17-16-21(10-13-23(17)28-26-19-6-4-18(24)5-7-19)27-25-20-8-11-22(12-9-20)29-14-2-3-15-29/h4-13,16H,2-3,14-15H2,1H3. The first-order chi connectivity index (χ1) is 14.2. The van der Waals surface area contributed by atoms with Gasteiger partial charge in [0.2, 0.25) is 0 Å². The second kappa shape index (κ2) is 8.73. The Bertz CT molecular complexity index is 1020. The second-order valence-electron chi connectivity index (χ2n) is 7.06. The Balaban J connectivity index is 1.42. The quantitative estimate of drug-likeness (QED) is 0.417. The minimum absolute atomic E-state index is 0.291. The molecule has 0 unspecified atom stereocenters. The molecule has 146 valence electrons. The largest absolute Gasteiger partial charge is 0.372 e. The fourth-order valence-corrected chi connectivity index (χ4v) is 3.25. The van der Waals surface area contributed by atoms with E-state index in [2.05, 4.69) is 37.5 Å². The predicted octanol–water partition coefficient (Wildman–Crippen LogP) is 7.57. The van der Waals surface area contributed by atoms with Crippen molar-refractivity contribution in [1.82, 2.24) is 0 Å². The molecule has 4 rings (SSSR count). The summed E-state index contributed by atoms with van der Waals surface area (Å²) < 4.78 is 13.0. The van der Waals surface area contributed by atoms with Gasteiger partial charge >= 0.3 is 0 Å². The van der Waals surface area contributed by atoms with Crippen molar-refractivity contribution in [3.05, 3.63) is 78.1 Å². The highest BCUT2D eigenvalue weighted by molar-refractivity contribution is 5.55. The van der Waals surface area contributed by atoms with Crippen molar-refractivity contribution >= 4 is 28.4 Å². The zero-order chi connectivity index (χ0) is 20.1. The highest BCUT2D eigenvalue weighted by Gasteiger charge is 2.11. The van der Waals surface area contributed by atoms with Crippen molar-refractivity contribution < 1.29 is 4.39 Å². The van der Waals surface area contributed by atoms with Crippen LogP contribution in [0.25, 0.3) is 0 Å². The van der Waals surface area contributed by atoms with Crippen LogP contribution in [-0.2, 0) is 0 Å². The molecule has 1 heterocycles. The molecule has 29 heavy (non-hydrogen) atoms. The lowest BCUT2D eigenvalue weighted by Crippen LogP contribution is -2.17. The zero-order valence-corrected chi connectivity index (χ0v) is 16.3. The van der Waals surface area contributed by atoms with Crippen LogP contribution in [-0.4, -0.2) is 13.1 Å². The van der Waals surface area contributed by atoms with Crippen LogP contribution >= 0.6 is 0 Å². The number of hydrogen-bond donors (Lipinski definition) is 0. The lowest BCUT2D eigenvalue weighted by molar-refractivity contribution is 0.628. The van der Waals surface area contributed by atoms with Gasteiger partial charge in [-0.1, -0.05) is 0 Å². The maximum atomic E-state index is 13.0. The van der Waals surface area contributed by atoms with Gasteiger partial charge in [0.05, 0.1) is 22.7 Å². The van der Waals surface area contributed by atoms with Gasteiger partial charge in [0.15, 0.2) is 0 Å². The van der Waals surface area contributed by atoms with Crippen molar-refractivity contribution in [3.8, 4) is 0 Å². The molecule has 5 nitrogen and oxygen atoms in total. The summed E-state index contributed by atoms with van der Waals surface area (Å²) in [4.78, 5) is 2.39. The van der Waals surface area contributed by atoms with Crippen LogP contribution < -0.4 is 4.90 Å². The molecule has 1 fully saturated rings. The summed E-state index contributed by atoms with van der Waals surface area (Å²) >= 11 is 0. The van der Waals surface area contributed by atoms with Crippen molar-refractivity contribution in [2.24, 2.45) is 20.5 Å². The third-order valence-electron chi connectivity index (χ3n) is 4.88. The van der Waals surface area contributed by atoms with Crippen molar-refractivity contribution in [2.75, 3.05) is 18.0 Å². The molecule has 0 atom stereocenters. The SMILES string of the molecule is Cc1cc(N=Nc2ccc(N3CCCC3)cc2)ccc1N=Nc1ccc(F)cc1. The van der Waals surface area contributed by atoms with Gasteiger partial charge in [0.1, 0.15) is 5.82 Å². The minimum atomic E-state index is -0.291. The van der Waals surface area contributed by atoms with E-state index in [1.165, 1.54) is 30.7 Å². The molecule has 0 amide bonds. The van der Waals surface area contributed by atoms with E-state index in [-0.39, 0.29) is 5.82 Å².